The minimum absolute atomic E-state index is 0.0311. The average molecular weight is 232 g/mol. The maximum absolute atomic E-state index is 11.8. The van der Waals surface area contributed by atoms with Crippen molar-refractivity contribution in [1.29, 1.82) is 0 Å². The van der Waals surface area contributed by atoms with E-state index in [9.17, 15) is 17.8 Å². The van der Waals surface area contributed by atoms with Crippen LogP contribution in [0.15, 0.2) is 0 Å². The smallest absolute Gasteiger partial charge is 0.271 e. The SMILES string of the molecule is CC12CCC(S(=O)(=O)O)(CC1=O)C2(C)C. The van der Waals surface area contributed by atoms with E-state index in [0.717, 1.165) is 0 Å². The van der Waals surface area contributed by atoms with E-state index < -0.39 is 25.7 Å². The maximum atomic E-state index is 11.8. The highest BCUT2D eigenvalue weighted by molar-refractivity contribution is 7.87. The van der Waals surface area contributed by atoms with Gasteiger partial charge in [0.1, 0.15) is 10.5 Å². The second kappa shape index (κ2) is 2.46. The maximum Gasteiger partial charge on any atom is 0.271 e. The molecule has 0 aliphatic heterocycles. The van der Waals surface area contributed by atoms with Gasteiger partial charge in [-0.1, -0.05) is 20.8 Å². The molecule has 1 N–H and O–H groups in total. The lowest BCUT2D eigenvalue weighted by Crippen LogP contribution is -2.46. The van der Waals surface area contributed by atoms with Crippen molar-refractivity contribution in [2.24, 2.45) is 10.8 Å². The van der Waals surface area contributed by atoms with Crippen LogP contribution in [0, 0.1) is 10.8 Å². The van der Waals surface area contributed by atoms with Crippen molar-refractivity contribution in [3.8, 4) is 0 Å². The van der Waals surface area contributed by atoms with Gasteiger partial charge in [-0.05, 0) is 18.3 Å². The van der Waals surface area contributed by atoms with Crippen molar-refractivity contribution in [3.05, 3.63) is 0 Å². The van der Waals surface area contributed by atoms with Crippen LogP contribution in [0.1, 0.15) is 40.0 Å². The van der Waals surface area contributed by atoms with E-state index in [1.165, 1.54) is 0 Å². The summed E-state index contributed by atoms with van der Waals surface area (Å²) in [4.78, 5) is 11.8. The highest BCUT2D eigenvalue weighted by Gasteiger charge is 2.74. The number of hydrogen-bond acceptors (Lipinski definition) is 3. The molecule has 5 heteroatoms. The second-order valence-corrected chi connectivity index (χ2v) is 7.26. The largest absolute Gasteiger partial charge is 0.299 e. The molecule has 0 heterocycles. The molecule has 0 spiro atoms. The lowest BCUT2D eigenvalue weighted by atomic mass is 9.70. The van der Waals surface area contributed by atoms with Gasteiger partial charge in [0.05, 0.1) is 0 Å². The van der Waals surface area contributed by atoms with Gasteiger partial charge in [-0.2, -0.15) is 8.42 Å². The Morgan fingerprint density at radius 3 is 1.93 bits per heavy atom. The molecule has 0 radical (unpaired) electrons. The van der Waals surface area contributed by atoms with Crippen LogP contribution >= 0.6 is 0 Å². The zero-order valence-electron chi connectivity index (χ0n) is 9.20. The quantitative estimate of drug-likeness (QED) is 0.694. The summed E-state index contributed by atoms with van der Waals surface area (Å²) in [5.41, 5.74) is -1.27. The van der Waals surface area contributed by atoms with E-state index in [-0.39, 0.29) is 12.2 Å². The molecule has 2 atom stereocenters. The molecule has 2 fully saturated rings. The van der Waals surface area contributed by atoms with Crippen molar-refractivity contribution in [3.63, 3.8) is 0 Å². The van der Waals surface area contributed by atoms with E-state index in [1.54, 1.807) is 13.8 Å². The Labute approximate surface area is 89.8 Å². The molecule has 2 unspecified atom stereocenters. The normalized spacial score (nSPS) is 43.6. The number of Topliss-reactive ketones (excluding diaryl/α,β-unsaturated/α-hetero) is 1. The van der Waals surface area contributed by atoms with E-state index in [1.807, 2.05) is 6.92 Å². The summed E-state index contributed by atoms with van der Waals surface area (Å²) in [6.07, 6.45) is 0.912. The Bertz CT molecular complexity index is 436. The van der Waals surface area contributed by atoms with Crippen LogP contribution in [-0.2, 0) is 14.9 Å². The standard InChI is InChI=1S/C10H16O4S/c1-8(2)9(3)4-5-10(8,6-7(9)11)15(12,13)14/h4-6H2,1-3H3,(H,12,13,14). The summed E-state index contributed by atoms with van der Waals surface area (Å²) in [5.74, 6) is -0.0311. The Hall–Kier alpha value is -0.420. The van der Waals surface area contributed by atoms with Crippen molar-refractivity contribution in [2.75, 3.05) is 0 Å². The van der Waals surface area contributed by atoms with Crippen LogP contribution in [0.5, 0.6) is 0 Å². The Balaban J connectivity index is 2.70. The number of rotatable bonds is 1. The zero-order chi connectivity index (χ0) is 11.7. The Morgan fingerprint density at radius 1 is 1.20 bits per heavy atom. The fraction of sp³-hybridized carbons (Fsp3) is 0.900. The third-order valence-corrected chi connectivity index (χ3v) is 6.95. The molecule has 2 bridgehead atoms. The molecule has 0 saturated heterocycles. The van der Waals surface area contributed by atoms with Gasteiger partial charge in [0.15, 0.2) is 0 Å². The highest BCUT2D eigenvalue weighted by atomic mass is 32.2. The van der Waals surface area contributed by atoms with Gasteiger partial charge in [0, 0.05) is 11.8 Å². The Kier molecular flexibility index (Phi) is 1.81. The van der Waals surface area contributed by atoms with Gasteiger partial charge in [-0.15, -0.1) is 0 Å². The molecule has 86 valence electrons. The third-order valence-electron chi connectivity index (χ3n) is 5.10. The first kappa shape index (κ1) is 11.1. The van der Waals surface area contributed by atoms with Crippen molar-refractivity contribution < 1.29 is 17.8 Å². The van der Waals surface area contributed by atoms with Gasteiger partial charge in [-0.3, -0.25) is 9.35 Å². The lowest BCUT2D eigenvalue weighted by molar-refractivity contribution is -0.128. The van der Waals surface area contributed by atoms with E-state index in [0.29, 0.717) is 12.8 Å². The lowest BCUT2D eigenvalue weighted by Gasteiger charge is -2.37. The topological polar surface area (TPSA) is 71.4 Å². The number of carbonyl (C=O) groups excluding carboxylic acids is 1. The van der Waals surface area contributed by atoms with Crippen molar-refractivity contribution >= 4 is 15.9 Å². The van der Waals surface area contributed by atoms with Crippen LogP contribution < -0.4 is 0 Å². The molecule has 0 aromatic carbocycles. The molecule has 15 heavy (non-hydrogen) atoms. The molecule has 0 aromatic rings. The van der Waals surface area contributed by atoms with Gasteiger partial charge in [0.2, 0.25) is 0 Å². The monoisotopic (exact) mass is 232 g/mol. The second-order valence-electron chi connectivity index (χ2n) is 5.53. The van der Waals surface area contributed by atoms with Crippen LogP contribution in [0.2, 0.25) is 0 Å². The molecule has 0 amide bonds. The van der Waals surface area contributed by atoms with Crippen molar-refractivity contribution in [2.45, 2.75) is 44.8 Å². The summed E-state index contributed by atoms with van der Waals surface area (Å²) in [7, 11) is -4.17. The number of carbonyl (C=O) groups is 1. The van der Waals surface area contributed by atoms with E-state index in [4.69, 9.17) is 0 Å². The Morgan fingerprint density at radius 2 is 1.73 bits per heavy atom. The fourth-order valence-electron chi connectivity index (χ4n) is 3.37. The van der Waals surface area contributed by atoms with Crippen molar-refractivity contribution in [1.82, 2.24) is 0 Å². The van der Waals surface area contributed by atoms with Crippen LogP contribution in [0.25, 0.3) is 0 Å². The van der Waals surface area contributed by atoms with E-state index >= 15 is 0 Å². The van der Waals surface area contributed by atoms with Crippen LogP contribution in [-0.4, -0.2) is 23.5 Å². The number of hydrogen-bond donors (Lipinski definition) is 1. The minimum Gasteiger partial charge on any atom is -0.299 e. The summed E-state index contributed by atoms with van der Waals surface area (Å²) in [5, 5.41) is 0. The molecule has 4 nitrogen and oxygen atoms in total. The molecular formula is C10H16O4S. The van der Waals surface area contributed by atoms with Gasteiger partial charge < -0.3 is 0 Å². The first-order chi connectivity index (χ1) is 6.58. The average Bonchev–Trinajstić information content (AvgIpc) is 2.33. The first-order valence-electron chi connectivity index (χ1n) is 5.09. The van der Waals surface area contributed by atoms with Gasteiger partial charge >= 0.3 is 0 Å². The molecule has 2 aliphatic carbocycles. The van der Waals surface area contributed by atoms with Crippen LogP contribution in [0.4, 0.5) is 0 Å². The molecule has 2 saturated carbocycles. The summed E-state index contributed by atoms with van der Waals surface area (Å²) < 4.78 is 31.2. The number of fused-ring (bicyclic) bond motifs is 2. The summed E-state index contributed by atoms with van der Waals surface area (Å²) >= 11 is 0. The van der Waals surface area contributed by atoms with E-state index in [2.05, 4.69) is 0 Å². The van der Waals surface area contributed by atoms with Gasteiger partial charge in [-0.25, -0.2) is 0 Å². The highest BCUT2D eigenvalue weighted by Crippen LogP contribution is 2.68. The molecule has 2 aliphatic rings. The molecule has 2 rings (SSSR count). The predicted octanol–water partition coefficient (Wildman–Crippen LogP) is 1.41. The van der Waals surface area contributed by atoms with Crippen LogP contribution in [0.3, 0.4) is 0 Å². The summed E-state index contributed by atoms with van der Waals surface area (Å²) in [6.45, 7) is 5.37. The molecule has 0 aromatic heterocycles. The summed E-state index contributed by atoms with van der Waals surface area (Å²) in [6, 6.07) is 0. The van der Waals surface area contributed by atoms with Gasteiger partial charge in [0.25, 0.3) is 10.1 Å². The third kappa shape index (κ3) is 0.916. The predicted molar refractivity (Wildman–Crippen MR) is 55.0 cm³/mol. The fourth-order valence-corrected chi connectivity index (χ4v) is 4.92. The molecular weight excluding hydrogens is 216 g/mol. The zero-order valence-corrected chi connectivity index (χ0v) is 10.0. The number of ketones is 1. The minimum atomic E-state index is -4.17. The first-order valence-corrected chi connectivity index (χ1v) is 6.53.